The smallest absolute Gasteiger partial charge is 0.269 e. The van der Waals surface area contributed by atoms with Crippen LogP contribution in [0, 0.1) is 10.1 Å². The SMILES string of the molecule is O=C(c1ccc([N+](=O)[O-])cc1)N1CCC[C@H](c2nc3ccccc3s2)C1. The number of nitrogens with zero attached hydrogens (tertiary/aromatic N) is 3. The first kappa shape index (κ1) is 16.7. The molecule has 1 aliphatic rings. The van der Waals surface area contributed by atoms with Gasteiger partial charge in [0.25, 0.3) is 11.6 Å². The summed E-state index contributed by atoms with van der Waals surface area (Å²) in [7, 11) is 0. The number of thiazole rings is 1. The number of nitro benzene ring substituents is 1. The van der Waals surface area contributed by atoms with Gasteiger partial charge in [0.05, 0.1) is 20.1 Å². The van der Waals surface area contributed by atoms with Gasteiger partial charge < -0.3 is 4.90 Å². The van der Waals surface area contributed by atoms with E-state index in [0.717, 1.165) is 23.4 Å². The first-order valence-corrected chi connectivity index (χ1v) is 9.32. The lowest BCUT2D eigenvalue weighted by Crippen LogP contribution is -2.39. The van der Waals surface area contributed by atoms with Crippen molar-refractivity contribution < 1.29 is 9.72 Å². The molecule has 7 heteroatoms. The highest BCUT2D eigenvalue weighted by molar-refractivity contribution is 7.18. The normalized spacial score (nSPS) is 17.4. The average molecular weight is 367 g/mol. The number of aromatic nitrogens is 1. The molecule has 4 rings (SSSR count). The van der Waals surface area contributed by atoms with Gasteiger partial charge in [0.2, 0.25) is 0 Å². The maximum atomic E-state index is 12.8. The van der Waals surface area contributed by atoms with Gasteiger partial charge in [-0.2, -0.15) is 0 Å². The fraction of sp³-hybridized carbons (Fsp3) is 0.263. The molecule has 26 heavy (non-hydrogen) atoms. The monoisotopic (exact) mass is 367 g/mol. The van der Waals surface area contributed by atoms with Crippen molar-refractivity contribution in [3.63, 3.8) is 0 Å². The van der Waals surface area contributed by atoms with E-state index in [9.17, 15) is 14.9 Å². The lowest BCUT2D eigenvalue weighted by molar-refractivity contribution is -0.384. The Morgan fingerprint density at radius 3 is 2.69 bits per heavy atom. The topological polar surface area (TPSA) is 76.3 Å². The quantitative estimate of drug-likeness (QED) is 0.513. The molecule has 1 atom stereocenters. The largest absolute Gasteiger partial charge is 0.338 e. The molecule has 0 radical (unpaired) electrons. The first-order chi connectivity index (χ1) is 12.6. The number of amides is 1. The summed E-state index contributed by atoms with van der Waals surface area (Å²) in [4.78, 5) is 29.6. The zero-order valence-corrected chi connectivity index (χ0v) is 14.8. The van der Waals surface area contributed by atoms with Crippen molar-refractivity contribution >= 4 is 33.1 Å². The van der Waals surface area contributed by atoms with Crippen LogP contribution in [0.1, 0.15) is 34.1 Å². The van der Waals surface area contributed by atoms with Crippen LogP contribution in [0.25, 0.3) is 10.2 Å². The highest BCUT2D eigenvalue weighted by Gasteiger charge is 2.27. The van der Waals surface area contributed by atoms with E-state index < -0.39 is 4.92 Å². The third-order valence-corrected chi connectivity index (χ3v) is 5.89. The van der Waals surface area contributed by atoms with Crippen molar-refractivity contribution in [2.75, 3.05) is 13.1 Å². The number of nitro groups is 1. The number of carbonyl (C=O) groups excluding carboxylic acids is 1. The van der Waals surface area contributed by atoms with Gasteiger partial charge in [-0.15, -0.1) is 11.3 Å². The fourth-order valence-corrected chi connectivity index (χ4v) is 4.43. The predicted molar refractivity (Wildman–Crippen MR) is 101 cm³/mol. The molecule has 1 fully saturated rings. The summed E-state index contributed by atoms with van der Waals surface area (Å²) in [5.41, 5.74) is 1.49. The number of likely N-dealkylation sites (tertiary alicyclic amines) is 1. The van der Waals surface area contributed by atoms with Gasteiger partial charge in [-0.1, -0.05) is 12.1 Å². The second-order valence-corrected chi connectivity index (χ2v) is 7.48. The van der Waals surface area contributed by atoms with Gasteiger partial charge in [0.1, 0.15) is 0 Å². The Bertz CT molecular complexity index is 935. The number of benzene rings is 2. The molecule has 0 unspecified atom stereocenters. The maximum absolute atomic E-state index is 12.8. The number of fused-ring (bicyclic) bond motifs is 1. The minimum atomic E-state index is -0.460. The molecule has 2 aromatic carbocycles. The number of piperidine rings is 1. The van der Waals surface area contributed by atoms with Crippen LogP contribution in [0.3, 0.4) is 0 Å². The molecule has 0 saturated carbocycles. The Morgan fingerprint density at radius 2 is 1.96 bits per heavy atom. The lowest BCUT2D eigenvalue weighted by atomic mass is 9.98. The summed E-state index contributed by atoms with van der Waals surface area (Å²) in [6, 6.07) is 13.9. The summed E-state index contributed by atoms with van der Waals surface area (Å²) in [5, 5.41) is 11.8. The summed E-state index contributed by atoms with van der Waals surface area (Å²) in [6.07, 6.45) is 1.95. The van der Waals surface area contributed by atoms with Crippen molar-refractivity contribution in [3.05, 3.63) is 69.2 Å². The number of hydrogen-bond acceptors (Lipinski definition) is 5. The molecule has 1 aromatic heterocycles. The van der Waals surface area contributed by atoms with E-state index in [-0.39, 0.29) is 17.5 Å². The van der Waals surface area contributed by atoms with Gasteiger partial charge in [0.15, 0.2) is 0 Å². The summed E-state index contributed by atoms with van der Waals surface area (Å²) in [6.45, 7) is 1.34. The molecular formula is C19H17N3O3S. The van der Waals surface area contributed by atoms with Crippen molar-refractivity contribution in [3.8, 4) is 0 Å². The zero-order chi connectivity index (χ0) is 18.1. The Balaban J connectivity index is 1.52. The molecule has 2 heterocycles. The Kier molecular flexibility index (Phi) is 4.38. The van der Waals surface area contributed by atoms with Crippen LogP contribution in [0.4, 0.5) is 5.69 Å². The Hall–Kier alpha value is -2.80. The van der Waals surface area contributed by atoms with Crippen LogP contribution in [0.2, 0.25) is 0 Å². The number of non-ortho nitro benzene ring substituents is 1. The molecule has 1 saturated heterocycles. The van der Waals surface area contributed by atoms with Crippen molar-refractivity contribution in [1.29, 1.82) is 0 Å². The van der Waals surface area contributed by atoms with E-state index >= 15 is 0 Å². The third kappa shape index (κ3) is 3.17. The van der Waals surface area contributed by atoms with Gasteiger partial charge in [0, 0.05) is 36.7 Å². The van der Waals surface area contributed by atoms with Crippen LogP contribution in [0.5, 0.6) is 0 Å². The summed E-state index contributed by atoms with van der Waals surface area (Å²) in [5.74, 6) is 0.161. The number of rotatable bonds is 3. The number of carbonyl (C=O) groups is 1. The zero-order valence-electron chi connectivity index (χ0n) is 14.0. The van der Waals surface area contributed by atoms with Crippen LogP contribution < -0.4 is 0 Å². The van der Waals surface area contributed by atoms with E-state index in [1.54, 1.807) is 11.3 Å². The van der Waals surface area contributed by atoms with Gasteiger partial charge in [-0.25, -0.2) is 4.98 Å². The van der Waals surface area contributed by atoms with Crippen molar-refractivity contribution in [1.82, 2.24) is 9.88 Å². The average Bonchev–Trinajstić information content (AvgIpc) is 3.12. The highest BCUT2D eigenvalue weighted by atomic mass is 32.1. The molecular weight excluding hydrogens is 350 g/mol. The third-order valence-electron chi connectivity index (χ3n) is 4.69. The summed E-state index contributed by atoms with van der Waals surface area (Å²) >= 11 is 1.69. The second kappa shape index (κ2) is 6.84. The maximum Gasteiger partial charge on any atom is 0.269 e. The predicted octanol–water partition coefficient (Wildman–Crippen LogP) is 4.22. The van der Waals surface area contributed by atoms with E-state index in [4.69, 9.17) is 4.98 Å². The minimum Gasteiger partial charge on any atom is -0.338 e. The van der Waals surface area contributed by atoms with Crippen molar-refractivity contribution in [2.24, 2.45) is 0 Å². The molecule has 0 spiro atoms. The van der Waals surface area contributed by atoms with Crippen LogP contribution in [-0.4, -0.2) is 33.8 Å². The van der Waals surface area contributed by atoms with Crippen LogP contribution in [-0.2, 0) is 0 Å². The molecule has 0 N–H and O–H groups in total. The van der Waals surface area contributed by atoms with Crippen LogP contribution in [0.15, 0.2) is 48.5 Å². The standard InChI is InChI=1S/C19H17N3O3S/c23-19(13-7-9-15(10-8-13)22(24)25)21-11-3-4-14(12-21)18-20-16-5-1-2-6-17(16)26-18/h1-2,5-10,14H,3-4,11-12H2/t14-/m0/s1. The molecule has 1 aliphatic heterocycles. The molecule has 132 valence electrons. The molecule has 1 amide bonds. The second-order valence-electron chi connectivity index (χ2n) is 6.41. The summed E-state index contributed by atoms with van der Waals surface area (Å²) < 4.78 is 1.17. The van der Waals surface area contributed by atoms with E-state index in [1.807, 2.05) is 23.1 Å². The number of hydrogen-bond donors (Lipinski definition) is 0. The molecule has 0 aliphatic carbocycles. The first-order valence-electron chi connectivity index (χ1n) is 8.51. The Morgan fingerprint density at radius 1 is 1.19 bits per heavy atom. The Labute approximate surface area is 154 Å². The van der Waals surface area contributed by atoms with E-state index in [1.165, 1.54) is 29.0 Å². The van der Waals surface area contributed by atoms with E-state index in [0.29, 0.717) is 18.7 Å². The van der Waals surface area contributed by atoms with E-state index in [2.05, 4.69) is 6.07 Å². The van der Waals surface area contributed by atoms with Gasteiger partial charge in [-0.05, 0) is 37.1 Å². The van der Waals surface area contributed by atoms with Gasteiger partial charge in [-0.3, -0.25) is 14.9 Å². The molecule has 6 nitrogen and oxygen atoms in total. The highest BCUT2D eigenvalue weighted by Crippen LogP contribution is 2.33. The molecule has 0 bridgehead atoms. The molecule has 3 aromatic rings. The van der Waals surface area contributed by atoms with Crippen LogP contribution >= 0.6 is 11.3 Å². The minimum absolute atomic E-state index is 0.00690. The number of para-hydroxylation sites is 1. The fourth-order valence-electron chi connectivity index (χ4n) is 3.34. The van der Waals surface area contributed by atoms with Gasteiger partial charge >= 0.3 is 0 Å². The lowest BCUT2D eigenvalue weighted by Gasteiger charge is -2.31. The van der Waals surface area contributed by atoms with Crippen molar-refractivity contribution in [2.45, 2.75) is 18.8 Å².